The number of rotatable bonds is 2. The van der Waals surface area contributed by atoms with Crippen LogP contribution in [0, 0.1) is 11.8 Å². The smallest absolute Gasteiger partial charge is 0.257 e. The van der Waals surface area contributed by atoms with Gasteiger partial charge in [0.25, 0.3) is 5.91 Å². The molecule has 0 fully saturated rings. The molecule has 0 saturated carbocycles. The molecule has 1 amide bonds. The highest BCUT2D eigenvalue weighted by molar-refractivity contribution is 6.30. The molecule has 0 atom stereocenters. The maximum atomic E-state index is 12.1. The zero-order chi connectivity index (χ0) is 14.4. The van der Waals surface area contributed by atoms with E-state index in [2.05, 4.69) is 22.1 Å². The van der Waals surface area contributed by atoms with Crippen LogP contribution in [-0.4, -0.2) is 22.6 Å². The van der Waals surface area contributed by atoms with Crippen molar-refractivity contribution in [3.05, 3.63) is 58.9 Å². The van der Waals surface area contributed by atoms with Crippen molar-refractivity contribution in [2.24, 2.45) is 0 Å². The molecule has 2 aromatic rings. The molecule has 0 aliphatic heterocycles. The Morgan fingerprint density at radius 3 is 2.95 bits per heavy atom. The van der Waals surface area contributed by atoms with Gasteiger partial charge in [-0.1, -0.05) is 29.5 Å². The number of aliphatic hydroxyl groups is 1. The van der Waals surface area contributed by atoms with E-state index in [1.807, 2.05) is 0 Å². The molecule has 0 radical (unpaired) electrons. The average molecular weight is 287 g/mol. The summed E-state index contributed by atoms with van der Waals surface area (Å²) < 4.78 is 0. The number of nitrogens with one attached hydrogen (secondary N) is 1. The average Bonchev–Trinajstić information content (AvgIpc) is 2.45. The quantitative estimate of drug-likeness (QED) is 0.833. The number of amides is 1. The number of anilines is 1. The minimum absolute atomic E-state index is 0.237. The highest BCUT2D eigenvalue weighted by Crippen LogP contribution is 2.15. The van der Waals surface area contributed by atoms with E-state index in [-0.39, 0.29) is 12.5 Å². The van der Waals surface area contributed by atoms with Crippen LogP contribution in [0.4, 0.5) is 5.69 Å². The molecule has 1 aromatic carbocycles. The number of aliphatic hydroxyl groups excluding tert-OH is 1. The van der Waals surface area contributed by atoms with Crippen LogP contribution in [0.15, 0.2) is 42.7 Å². The molecule has 0 aliphatic carbocycles. The lowest BCUT2D eigenvalue weighted by atomic mass is 10.2. The van der Waals surface area contributed by atoms with Gasteiger partial charge in [0.15, 0.2) is 0 Å². The van der Waals surface area contributed by atoms with E-state index >= 15 is 0 Å². The van der Waals surface area contributed by atoms with Crippen LogP contribution >= 0.6 is 11.6 Å². The van der Waals surface area contributed by atoms with E-state index < -0.39 is 0 Å². The SMILES string of the molecule is O=C(Nc1cccc(Cl)c1)c1cncc(C#CCO)c1. The zero-order valence-corrected chi connectivity index (χ0v) is 11.2. The lowest BCUT2D eigenvalue weighted by molar-refractivity contribution is 0.102. The first-order valence-corrected chi connectivity index (χ1v) is 6.18. The van der Waals surface area contributed by atoms with Crippen molar-refractivity contribution in [1.29, 1.82) is 0 Å². The number of aromatic nitrogens is 1. The van der Waals surface area contributed by atoms with E-state index in [4.69, 9.17) is 16.7 Å². The third-order valence-corrected chi connectivity index (χ3v) is 2.63. The minimum Gasteiger partial charge on any atom is -0.384 e. The van der Waals surface area contributed by atoms with Gasteiger partial charge >= 0.3 is 0 Å². The van der Waals surface area contributed by atoms with Gasteiger partial charge in [-0.15, -0.1) is 0 Å². The molecule has 100 valence electrons. The Bertz CT molecular complexity index is 690. The standard InChI is InChI=1S/C15H11ClN2O2/c16-13-4-1-5-14(8-13)18-15(20)12-7-11(3-2-6-19)9-17-10-12/h1,4-5,7-10,19H,6H2,(H,18,20). The molecule has 0 unspecified atom stereocenters. The van der Waals surface area contributed by atoms with Gasteiger partial charge in [0, 0.05) is 28.7 Å². The Morgan fingerprint density at radius 1 is 1.35 bits per heavy atom. The Morgan fingerprint density at radius 2 is 2.20 bits per heavy atom. The molecule has 0 bridgehead atoms. The lowest BCUT2D eigenvalue weighted by Gasteiger charge is -2.05. The number of benzene rings is 1. The van der Waals surface area contributed by atoms with Gasteiger partial charge in [0.05, 0.1) is 5.56 Å². The van der Waals surface area contributed by atoms with Crippen LogP contribution in [0.1, 0.15) is 15.9 Å². The number of pyridine rings is 1. The molecular weight excluding hydrogens is 276 g/mol. The van der Waals surface area contributed by atoms with Crippen molar-refractivity contribution in [3.63, 3.8) is 0 Å². The highest BCUT2D eigenvalue weighted by atomic mass is 35.5. The second kappa shape index (κ2) is 6.71. The molecule has 1 heterocycles. The van der Waals surface area contributed by atoms with Crippen molar-refractivity contribution in [2.75, 3.05) is 11.9 Å². The molecule has 1 aromatic heterocycles. The fourth-order valence-electron chi connectivity index (χ4n) is 1.54. The first kappa shape index (κ1) is 14.1. The fraction of sp³-hybridized carbons (Fsp3) is 0.0667. The summed E-state index contributed by atoms with van der Waals surface area (Å²) in [5.41, 5.74) is 1.56. The van der Waals surface area contributed by atoms with Crippen LogP contribution in [0.5, 0.6) is 0 Å². The van der Waals surface area contributed by atoms with Crippen molar-refractivity contribution in [1.82, 2.24) is 4.98 Å². The number of halogens is 1. The topological polar surface area (TPSA) is 62.2 Å². The van der Waals surface area contributed by atoms with Gasteiger partial charge < -0.3 is 10.4 Å². The molecule has 2 N–H and O–H groups in total. The van der Waals surface area contributed by atoms with Gasteiger partial charge in [-0.05, 0) is 24.3 Å². The van der Waals surface area contributed by atoms with Crippen LogP contribution in [0.25, 0.3) is 0 Å². The van der Waals surface area contributed by atoms with Crippen LogP contribution in [0.3, 0.4) is 0 Å². The summed E-state index contributed by atoms with van der Waals surface area (Å²) in [4.78, 5) is 16.0. The van der Waals surface area contributed by atoms with Gasteiger partial charge in [-0.3, -0.25) is 9.78 Å². The summed E-state index contributed by atoms with van der Waals surface area (Å²) in [5.74, 6) is 4.90. The van der Waals surface area contributed by atoms with Crippen LogP contribution < -0.4 is 5.32 Å². The van der Waals surface area contributed by atoms with Gasteiger partial charge in [-0.2, -0.15) is 0 Å². The Kier molecular flexibility index (Phi) is 4.72. The zero-order valence-electron chi connectivity index (χ0n) is 10.4. The first-order valence-electron chi connectivity index (χ1n) is 5.81. The third-order valence-electron chi connectivity index (χ3n) is 2.39. The third kappa shape index (κ3) is 3.82. The molecule has 0 aliphatic rings. The second-order valence-electron chi connectivity index (χ2n) is 3.89. The fourth-order valence-corrected chi connectivity index (χ4v) is 1.73. The van der Waals surface area contributed by atoms with Crippen molar-refractivity contribution in [3.8, 4) is 11.8 Å². The summed E-state index contributed by atoms with van der Waals surface area (Å²) >= 11 is 5.85. The van der Waals surface area contributed by atoms with Crippen molar-refractivity contribution in [2.45, 2.75) is 0 Å². The second-order valence-corrected chi connectivity index (χ2v) is 4.32. The number of carbonyl (C=O) groups is 1. The molecule has 0 spiro atoms. The Labute approximate surface area is 121 Å². The minimum atomic E-state index is -0.299. The maximum Gasteiger partial charge on any atom is 0.257 e. The van der Waals surface area contributed by atoms with Gasteiger partial charge in [0.1, 0.15) is 6.61 Å². The molecule has 0 saturated heterocycles. The Hall–Kier alpha value is -2.35. The van der Waals surface area contributed by atoms with E-state index in [0.29, 0.717) is 21.8 Å². The van der Waals surface area contributed by atoms with Gasteiger partial charge in [0.2, 0.25) is 0 Å². The summed E-state index contributed by atoms with van der Waals surface area (Å²) in [5, 5.41) is 11.9. The molecule has 2 rings (SSSR count). The maximum absolute atomic E-state index is 12.1. The van der Waals surface area contributed by atoms with Crippen LogP contribution in [0.2, 0.25) is 5.02 Å². The van der Waals surface area contributed by atoms with Crippen LogP contribution in [-0.2, 0) is 0 Å². The van der Waals surface area contributed by atoms with E-state index in [1.54, 1.807) is 30.3 Å². The number of carbonyl (C=O) groups excluding carboxylic acids is 1. The largest absolute Gasteiger partial charge is 0.384 e. The Balaban J connectivity index is 2.17. The number of hydrogen-bond acceptors (Lipinski definition) is 3. The van der Waals surface area contributed by atoms with Gasteiger partial charge in [-0.25, -0.2) is 0 Å². The normalized spacial score (nSPS) is 9.50. The first-order chi connectivity index (χ1) is 9.69. The molecule has 20 heavy (non-hydrogen) atoms. The number of nitrogens with zero attached hydrogens (tertiary/aromatic N) is 1. The predicted molar refractivity (Wildman–Crippen MR) is 77.6 cm³/mol. The highest BCUT2D eigenvalue weighted by Gasteiger charge is 2.07. The molecular formula is C15H11ClN2O2. The summed E-state index contributed by atoms with van der Waals surface area (Å²) in [6.45, 7) is -0.237. The van der Waals surface area contributed by atoms with Crippen molar-refractivity contribution < 1.29 is 9.90 Å². The van der Waals surface area contributed by atoms with E-state index in [1.165, 1.54) is 12.4 Å². The lowest BCUT2D eigenvalue weighted by Crippen LogP contribution is -2.12. The van der Waals surface area contributed by atoms with E-state index in [0.717, 1.165) is 0 Å². The van der Waals surface area contributed by atoms with Crippen molar-refractivity contribution >= 4 is 23.2 Å². The van der Waals surface area contributed by atoms with E-state index in [9.17, 15) is 4.79 Å². The molecule has 5 heteroatoms. The summed E-state index contributed by atoms with van der Waals surface area (Å²) in [7, 11) is 0. The predicted octanol–water partition coefficient (Wildman–Crippen LogP) is 2.33. The summed E-state index contributed by atoms with van der Waals surface area (Å²) in [6.07, 6.45) is 2.98. The summed E-state index contributed by atoms with van der Waals surface area (Å²) in [6, 6.07) is 8.48. The number of hydrogen-bond donors (Lipinski definition) is 2. The molecule has 4 nitrogen and oxygen atoms in total. The monoisotopic (exact) mass is 286 g/mol.